The summed E-state index contributed by atoms with van der Waals surface area (Å²) in [6.07, 6.45) is 4.89. The van der Waals surface area contributed by atoms with E-state index in [-0.39, 0.29) is 17.3 Å². The first-order chi connectivity index (χ1) is 9.99. The Labute approximate surface area is 124 Å². The lowest BCUT2D eigenvalue weighted by Crippen LogP contribution is -2.21. The summed E-state index contributed by atoms with van der Waals surface area (Å²) in [5.41, 5.74) is 0.290. The highest BCUT2D eigenvalue weighted by Gasteiger charge is 2.17. The molecule has 0 saturated carbocycles. The van der Waals surface area contributed by atoms with Gasteiger partial charge < -0.3 is 10.4 Å². The number of anilines is 1. The zero-order valence-electron chi connectivity index (χ0n) is 12.5. The lowest BCUT2D eigenvalue weighted by Gasteiger charge is -2.20. The summed E-state index contributed by atoms with van der Waals surface area (Å²) < 4.78 is 0. The smallest absolute Gasteiger partial charge is 0.337 e. The normalized spacial score (nSPS) is 11.9. The molecule has 116 valence electrons. The van der Waals surface area contributed by atoms with E-state index in [1.807, 2.05) is 0 Å². The summed E-state index contributed by atoms with van der Waals surface area (Å²) >= 11 is 0. The lowest BCUT2D eigenvalue weighted by atomic mass is 10.0. The molecule has 0 bridgehead atoms. The summed E-state index contributed by atoms with van der Waals surface area (Å²) in [7, 11) is 0. The molecule has 0 saturated heterocycles. The SMILES string of the molecule is CCCCC(CCC)Nc1cc([N+](=O)[O-])ccc1C(=O)O. The van der Waals surface area contributed by atoms with Gasteiger partial charge >= 0.3 is 5.97 Å². The minimum atomic E-state index is -1.09. The molecule has 0 fully saturated rings. The number of carbonyl (C=O) groups is 1. The number of non-ortho nitro benzene ring substituents is 1. The summed E-state index contributed by atoms with van der Waals surface area (Å²) in [5.74, 6) is -1.09. The Morgan fingerprint density at radius 2 is 2.05 bits per heavy atom. The van der Waals surface area contributed by atoms with Crippen molar-refractivity contribution in [1.29, 1.82) is 0 Å². The third-order valence-corrected chi connectivity index (χ3v) is 3.35. The van der Waals surface area contributed by atoms with E-state index in [0.29, 0.717) is 5.69 Å². The molecular formula is C15H22N2O4. The van der Waals surface area contributed by atoms with Crippen molar-refractivity contribution >= 4 is 17.3 Å². The zero-order chi connectivity index (χ0) is 15.8. The molecule has 0 aliphatic rings. The highest BCUT2D eigenvalue weighted by Crippen LogP contribution is 2.25. The molecule has 21 heavy (non-hydrogen) atoms. The predicted octanol–water partition coefficient (Wildman–Crippen LogP) is 4.06. The molecule has 6 heteroatoms. The van der Waals surface area contributed by atoms with Gasteiger partial charge in [-0.25, -0.2) is 4.79 Å². The fraction of sp³-hybridized carbons (Fsp3) is 0.533. The average molecular weight is 294 g/mol. The molecule has 0 aliphatic heterocycles. The van der Waals surface area contributed by atoms with Crippen molar-refractivity contribution in [2.75, 3.05) is 5.32 Å². The largest absolute Gasteiger partial charge is 0.478 e. The molecule has 0 amide bonds. The molecule has 2 N–H and O–H groups in total. The molecule has 0 aromatic heterocycles. The fourth-order valence-electron chi connectivity index (χ4n) is 2.26. The van der Waals surface area contributed by atoms with E-state index < -0.39 is 10.9 Å². The molecule has 1 atom stereocenters. The van der Waals surface area contributed by atoms with Gasteiger partial charge in [-0.1, -0.05) is 33.1 Å². The van der Waals surface area contributed by atoms with Crippen LogP contribution in [0.5, 0.6) is 0 Å². The first kappa shape index (κ1) is 16.9. The van der Waals surface area contributed by atoms with Crippen molar-refractivity contribution < 1.29 is 14.8 Å². The van der Waals surface area contributed by atoms with Crippen LogP contribution in [0.4, 0.5) is 11.4 Å². The van der Waals surface area contributed by atoms with Gasteiger partial charge in [0.25, 0.3) is 5.69 Å². The second kappa shape index (κ2) is 8.24. The van der Waals surface area contributed by atoms with Crippen molar-refractivity contribution in [1.82, 2.24) is 0 Å². The Hall–Kier alpha value is -2.11. The molecule has 1 aromatic carbocycles. The Balaban J connectivity index is 3.03. The third-order valence-electron chi connectivity index (χ3n) is 3.35. The van der Waals surface area contributed by atoms with Crippen LogP contribution < -0.4 is 5.32 Å². The van der Waals surface area contributed by atoms with Crippen LogP contribution in [0, 0.1) is 10.1 Å². The molecule has 1 unspecified atom stereocenters. The summed E-state index contributed by atoms with van der Waals surface area (Å²) in [5, 5.41) is 23.2. The Kier molecular flexibility index (Phi) is 6.65. The maximum absolute atomic E-state index is 11.2. The minimum absolute atomic E-state index is 0.0678. The van der Waals surface area contributed by atoms with Gasteiger partial charge in [0.1, 0.15) is 0 Å². The molecule has 0 heterocycles. The number of hydrogen-bond donors (Lipinski definition) is 2. The Bertz CT molecular complexity index is 502. The van der Waals surface area contributed by atoms with Gasteiger partial charge in [-0.05, 0) is 18.9 Å². The van der Waals surface area contributed by atoms with Gasteiger partial charge in [0.2, 0.25) is 0 Å². The number of aromatic carboxylic acids is 1. The number of benzene rings is 1. The second-order valence-corrected chi connectivity index (χ2v) is 5.06. The molecule has 0 aliphatic carbocycles. The maximum atomic E-state index is 11.2. The number of rotatable bonds is 9. The van der Waals surface area contributed by atoms with Crippen LogP contribution in [-0.2, 0) is 0 Å². The molecule has 0 radical (unpaired) electrons. The number of nitro groups is 1. The number of nitrogens with one attached hydrogen (secondary N) is 1. The lowest BCUT2D eigenvalue weighted by molar-refractivity contribution is -0.384. The van der Waals surface area contributed by atoms with Crippen molar-refractivity contribution in [3.05, 3.63) is 33.9 Å². The van der Waals surface area contributed by atoms with Gasteiger partial charge in [-0.3, -0.25) is 10.1 Å². The molecular weight excluding hydrogens is 272 g/mol. The van der Waals surface area contributed by atoms with Crippen LogP contribution in [0.1, 0.15) is 56.3 Å². The van der Waals surface area contributed by atoms with Gasteiger partial charge in [0, 0.05) is 18.2 Å². The van der Waals surface area contributed by atoms with Gasteiger partial charge in [0.15, 0.2) is 0 Å². The van der Waals surface area contributed by atoms with E-state index in [0.717, 1.165) is 32.1 Å². The van der Waals surface area contributed by atoms with Crippen molar-refractivity contribution in [3.63, 3.8) is 0 Å². The first-order valence-corrected chi connectivity index (χ1v) is 7.27. The first-order valence-electron chi connectivity index (χ1n) is 7.27. The number of nitrogens with zero attached hydrogens (tertiary/aromatic N) is 1. The number of nitro benzene ring substituents is 1. The number of unbranched alkanes of at least 4 members (excludes halogenated alkanes) is 1. The monoisotopic (exact) mass is 294 g/mol. The molecule has 6 nitrogen and oxygen atoms in total. The van der Waals surface area contributed by atoms with E-state index in [9.17, 15) is 20.0 Å². The topological polar surface area (TPSA) is 92.5 Å². The van der Waals surface area contributed by atoms with Crippen molar-refractivity contribution in [3.8, 4) is 0 Å². The average Bonchev–Trinajstić information content (AvgIpc) is 2.44. The maximum Gasteiger partial charge on any atom is 0.337 e. The molecule has 1 aromatic rings. The van der Waals surface area contributed by atoms with Crippen molar-refractivity contribution in [2.24, 2.45) is 0 Å². The van der Waals surface area contributed by atoms with Gasteiger partial charge in [-0.15, -0.1) is 0 Å². The summed E-state index contributed by atoms with van der Waals surface area (Å²) in [6.45, 7) is 4.16. The van der Waals surface area contributed by atoms with E-state index in [1.165, 1.54) is 18.2 Å². The molecule has 1 rings (SSSR count). The van der Waals surface area contributed by atoms with Crippen LogP contribution >= 0.6 is 0 Å². The molecule has 0 spiro atoms. The van der Waals surface area contributed by atoms with E-state index in [4.69, 9.17) is 0 Å². The Morgan fingerprint density at radius 1 is 1.33 bits per heavy atom. The van der Waals surface area contributed by atoms with Crippen LogP contribution in [0.15, 0.2) is 18.2 Å². The number of carboxylic acids is 1. The second-order valence-electron chi connectivity index (χ2n) is 5.06. The van der Waals surface area contributed by atoms with Gasteiger partial charge in [0.05, 0.1) is 16.2 Å². The van der Waals surface area contributed by atoms with Crippen molar-refractivity contribution in [2.45, 2.75) is 52.0 Å². The minimum Gasteiger partial charge on any atom is -0.478 e. The van der Waals surface area contributed by atoms with E-state index in [2.05, 4.69) is 19.2 Å². The highest BCUT2D eigenvalue weighted by molar-refractivity contribution is 5.94. The van der Waals surface area contributed by atoms with Crippen LogP contribution in [0.25, 0.3) is 0 Å². The van der Waals surface area contributed by atoms with Crippen LogP contribution in [-0.4, -0.2) is 22.0 Å². The van der Waals surface area contributed by atoms with Crippen LogP contribution in [0.2, 0.25) is 0 Å². The van der Waals surface area contributed by atoms with Gasteiger partial charge in [-0.2, -0.15) is 0 Å². The predicted molar refractivity (Wildman–Crippen MR) is 81.9 cm³/mol. The van der Waals surface area contributed by atoms with E-state index in [1.54, 1.807) is 0 Å². The van der Waals surface area contributed by atoms with E-state index >= 15 is 0 Å². The highest BCUT2D eigenvalue weighted by atomic mass is 16.6. The zero-order valence-corrected chi connectivity index (χ0v) is 12.5. The number of hydrogen-bond acceptors (Lipinski definition) is 4. The fourth-order valence-corrected chi connectivity index (χ4v) is 2.26. The number of carboxylic acid groups (broad SMARTS) is 1. The quantitative estimate of drug-likeness (QED) is 0.529. The van der Waals surface area contributed by atoms with Crippen LogP contribution in [0.3, 0.4) is 0 Å². The standard InChI is InChI=1S/C15H22N2O4/c1-3-5-7-11(6-4-2)16-14-10-12(17(20)21)8-9-13(14)15(18)19/h8-11,16H,3-7H2,1-2H3,(H,18,19). The summed E-state index contributed by atoms with van der Waals surface area (Å²) in [4.78, 5) is 21.6. The summed E-state index contributed by atoms with van der Waals surface area (Å²) in [6, 6.07) is 3.94. The third kappa shape index (κ3) is 5.06. The Morgan fingerprint density at radius 3 is 2.57 bits per heavy atom.